The van der Waals surface area contributed by atoms with Crippen molar-refractivity contribution < 1.29 is 0 Å². The third-order valence-electron chi connectivity index (χ3n) is 2.87. The smallest absolute Gasteiger partial charge is 0.0413 e. The lowest BCUT2D eigenvalue weighted by atomic mass is 9.94. The van der Waals surface area contributed by atoms with Gasteiger partial charge in [0.25, 0.3) is 0 Å². The van der Waals surface area contributed by atoms with Crippen molar-refractivity contribution in [2.45, 2.75) is 12.3 Å². The van der Waals surface area contributed by atoms with Crippen LogP contribution in [0.25, 0.3) is 0 Å². The normalized spacial score (nSPS) is 12.4. The number of pyridine rings is 1. The lowest BCUT2D eigenvalue weighted by molar-refractivity contribution is 0.681. The van der Waals surface area contributed by atoms with Gasteiger partial charge in [0.05, 0.1) is 0 Å². The van der Waals surface area contributed by atoms with Crippen molar-refractivity contribution in [1.82, 2.24) is 4.98 Å². The molecule has 0 aliphatic carbocycles. The topological polar surface area (TPSA) is 38.9 Å². The van der Waals surface area contributed by atoms with Gasteiger partial charge in [0.15, 0.2) is 0 Å². The summed E-state index contributed by atoms with van der Waals surface area (Å²) in [7, 11) is 0. The molecule has 1 atom stereocenters. The summed E-state index contributed by atoms with van der Waals surface area (Å²) < 4.78 is 2.09. The van der Waals surface area contributed by atoms with Gasteiger partial charge in [0.2, 0.25) is 0 Å². The Kier molecular flexibility index (Phi) is 4.92. The third-order valence-corrected chi connectivity index (χ3v) is 3.87. The fourth-order valence-corrected chi connectivity index (χ4v) is 2.35. The molecule has 0 amide bonds. The molecule has 0 bridgehead atoms. The highest BCUT2D eigenvalue weighted by atomic mass is 79.9. The number of rotatable bonds is 4. The number of nitrogens with zero attached hydrogens (tertiary/aromatic N) is 1. The van der Waals surface area contributed by atoms with Crippen LogP contribution in [0, 0.1) is 0 Å². The highest BCUT2D eigenvalue weighted by molar-refractivity contribution is 9.10. The zero-order valence-electron chi connectivity index (χ0n) is 9.81. The summed E-state index contributed by atoms with van der Waals surface area (Å²) in [6.07, 6.45) is 2.69. The van der Waals surface area contributed by atoms with Gasteiger partial charge in [-0.2, -0.15) is 0 Å². The first kappa shape index (κ1) is 13.7. The Morgan fingerprint density at radius 2 is 1.67 bits per heavy atom. The molecule has 0 saturated carbocycles. The number of nitrogens with two attached hydrogens (primary N) is 1. The largest absolute Gasteiger partial charge is 0.330 e. The van der Waals surface area contributed by atoms with Gasteiger partial charge in [-0.3, -0.25) is 4.98 Å². The first-order chi connectivity index (χ1) is 8.69. The summed E-state index contributed by atoms with van der Waals surface area (Å²) in [6.45, 7) is 0.624. The van der Waals surface area contributed by atoms with Crippen LogP contribution >= 0.6 is 31.9 Å². The maximum atomic E-state index is 5.87. The summed E-state index contributed by atoms with van der Waals surface area (Å²) in [5.74, 6) is 0.312. The van der Waals surface area contributed by atoms with Crippen molar-refractivity contribution in [2.75, 3.05) is 6.54 Å². The van der Waals surface area contributed by atoms with E-state index in [4.69, 9.17) is 5.73 Å². The highest BCUT2D eigenvalue weighted by Gasteiger charge is 2.11. The van der Waals surface area contributed by atoms with Crippen LogP contribution in [-0.4, -0.2) is 11.5 Å². The fraction of sp³-hybridized carbons (Fsp3) is 0.214. The average Bonchev–Trinajstić information content (AvgIpc) is 2.39. The predicted molar refractivity (Wildman–Crippen MR) is 81.6 cm³/mol. The Morgan fingerprint density at radius 3 is 2.22 bits per heavy atom. The maximum absolute atomic E-state index is 5.87. The molecule has 0 radical (unpaired) electrons. The summed E-state index contributed by atoms with van der Waals surface area (Å²) in [5, 5.41) is 0. The van der Waals surface area contributed by atoms with Crippen molar-refractivity contribution in [3.05, 3.63) is 62.8 Å². The number of benzene rings is 1. The van der Waals surface area contributed by atoms with E-state index < -0.39 is 0 Å². The molecule has 1 unspecified atom stereocenters. The van der Waals surface area contributed by atoms with Gasteiger partial charge in [0, 0.05) is 26.8 Å². The minimum atomic E-state index is 0.312. The number of aromatic nitrogens is 1. The number of hydrogen-bond acceptors (Lipinski definition) is 2. The quantitative estimate of drug-likeness (QED) is 0.887. The van der Waals surface area contributed by atoms with Gasteiger partial charge in [-0.1, -0.05) is 28.1 Å². The van der Waals surface area contributed by atoms with E-state index in [1.54, 1.807) is 0 Å². The summed E-state index contributed by atoms with van der Waals surface area (Å²) in [4.78, 5) is 4.40. The van der Waals surface area contributed by atoms with Gasteiger partial charge in [-0.05, 0) is 58.7 Å². The number of halogens is 2. The van der Waals surface area contributed by atoms with Crippen LogP contribution in [0.1, 0.15) is 17.2 Å². The SMILES string of the molecule is NCC(Cc1ccc(Br)cn1)c1ccc(Br)cc1. The Bertz CT molecular complexity index is 494. The lowest BCUT2D eigenvalue weighted by Gasteiger charge is -2.15. The van der Waals surface area contributed by atoms with E-state index in [1.807, 2.05) is 30.5 Å². The third kappa shape index (κ3) is 3.64. The second-order valence-corrected chi connectivity index (χ2v) is 5.99. The molecule has 2 nitrogen and oxygen atoms in total. The summed E-state index contributed by atoms with van der Waals surface area (Å²) in [5.41, 5.74) is 8.19. The highest BCUT2D eigenvalue weighted by Crippen LogP contribution is 2.21. The van der Waals surface area contributed by atoms with Crippen LogP contribution in [0.15, 0.2) is 51.5 Å². The Hall–Kier alpha value is -0.710. The minimum absolute atomic E-state index is 0.312. The van der Waals surface area contributed by atoms with Crippen molar-refractivity contribution in [3.63, 3.8) is 0 Å². The lowest BCUT2D eigenvalue weighted by Crippen LogP contribution is -2.15. The van der Waals surface area contributed by atoms with Crippen molar-refractivity contribution in [1.29, 1.82) is 0 Å². The van der Waals surface area contributed by atoms with E-state index in [2.05, 4.69) is 49.0 Å². The zero-order chi connectivity index (χ0) is 13.0. The van der Waals surface area contributed by atoms with Crippen LogP contribution < -0.4 is 5.73 Å². The molecule has 0 aliphatic heterocycles. The second kappa shape index (κ2) is 6.45. The van der Waals surface area contributed by atoms with E-state index in [0.717, 1.165) is 21.1 Å². The molecule has 2 N–H and O–H groups in total. The molecule has 2 rings (SSSR count). The first-order valence-corrected chi connectivity index (χ1v) is 7.33. The van der Waals surface area contributed by atoms with Gasteiger partial charge in [0.1, 0.15) is 0 Å². The minimum Gasteiger partial charge on any atom is -0.330 e. The molecule has 1 aromatic heterocycles. The van der Waals surface area contributed by atoms with Crippen LogP contribution in [0.3, 0.4) is 0 Å². The van der Waals surface area contributed by atoms with E-state index >= 15 is 0 Å². The molecule has 4 heteroatoms. The monoisotopic (exact) mass is 368 g/mol. The van der Waals surface area contributed by atoms with Gasteiger partial charge < -0.3 is 5.73 Å². The summed E-state index contributed by atoms with van der Waals surface area (Å²) >= 11 is 6.83. The van der Waals surface area contributed by atoms with Crippen LogP contribution in [0.2, 0.25) is 0 Å². The Labute approximate surface area is 124 Å². The Balaban J connectivity index is 2.14. The van der Waals surface area contributed by atoms with Crippen molar-refractivity contribution >= 4 is 31.9 Å². The maximum Gasteiger partial charge on any atom is 0.0413 e. The molecule has 94 valence electrons. The molecule has 2 aromatic rings. The van der Waals surface area contributed by atoms with Gasteiger partial charge >= 0.3 is 0 Å². The van der Waals surface area contributed by atoms with Crippen molar-refractivity contribution in [3.8, 4) is 0 Å². The first-order valence-electron chi connectivity index (χ1n) is 5.75. The molecule has 0 fully saturated rings. The molecule has 18 heavy (non-hydrogen) atoms. The molecule has 1 aromatic carbocycles. The molecular formula is C14H14Br2N2. The average molecular weight is 370 g/mol. The van der Waals surface area contributed by atoms with E-state index in [9.17, 15) is 0 Å². The van der Waals surface area contributed by atoms with E-state index in [-0.39, 0.29) is 0 Å². The molecular weight excluding hydrogens is 356 g/mol. The molecule has 0 spiro atoms. The second-order valence-electron chi connectivity index (χ2n) is 4.16. The van der Waals surface area contributed by atoms with Gasteiger partial charge in [-0.15, -0.1) is 0 Å². The summed E-state index contributed by atoms with van der Waals surface area (Å²) in [6, 6.07) is 12.4. The Morgan fingerprint density at radius 1 is 1.00 bits per heavy atom. The van der Waals surface area contributed by atoms with Crippen LogP contribution in [0.5, 0.6) is 0 Å². The molecule has 0 aliphatic rings. The van der Waals surface area contributed by atoms with Crippen LogP contribution in [0.4, 0.5) is 0 Å². The number of hydrogen-bond donors (Lipinski definition) is 1. The molecule has 1 heterocycles. The standard InChI is InChI=1S/C14H14Br2N2/c15-12-3-1-10(2-4-12)11(8-17)7-14-6-5-13(16)9-18-14/h1-6,9,11H,7-8,17H2. The zero-order valence-corrected chi connectivity index (χ0v) is 13.0. The van der Waals surface area contributed by atoms with Gasteiger partial charge in [-0.25, -0.2) is 0 Å². The van der Waals surface area contributed by atoms with E-state index in [0.29, 0.717) is 12.5 Å². The predicted octanol–water partition coefficient (Wildman–Crippen LogP) is 3.89. The van der Waals surface area contributed by atoms with Crippen molar-refractivity contribution in [2.24, 2.45) is 5.73 Å². The molecule has 0 saturated heterocycles. The fourth-order valence-electron chi connectivity index (χ4n) is 1.85. The van der Waals surface area contributed by atoms with E-state index in [1.165, 1.54) is 5.56 Å². The van der Waals surface area contributed by atoms with Crippen LogP contribution in [-0.2, 0) is 6.42 Å².